The topological polar surface area (TPSA) is 106 Å². The average Bonchev–Trinajstić information content (AvgIpc) is 2.72. The van der Waals surface area contributed by atoms with E-state index in [4.69, 9.17) is 21.1 Å². The Kier molecular flexibility index (Phi) is 6.89. The van der Waals surface area contributed by atoms with Crippen LogP contribution < -0.4 is 19.7 Å². The van der Waals surface area contributed by atoms with Crippen LogP contribution in [-0.4, -0.2) is 65.1 Å². The van der Waals surface area contributed by atoms with Crippen LogP contribution >= 0.6 is 11.6 Å². The van der Waals surface area contributed by atoms with Gasteiger partial charge in [0.1, 0.15) is 5.75 Å². The molecule has 0 radical (unpaired) electrons. The zero-order chi connectivity index (χ0) is 20.0. The molecule has 1 aromatic carbocycles. The minimum absolute atomic E-state index is 0.0763. The second kappa shape index (κ2) is 9.37. The standard InChI is InChI=1S/C17H22ClN5O4S/c1-26-16-3-2-14(11-15(16)18)28(24,25)21-5-4-19-17-10-13(12-20-22-17)23-6-8-27-9-7-23/h2-3,10-12,21H,4-9H2,1H3,(H,19,22). The lowest BCUT2D eigenvalue weighted by Crippen LogP contribution is -2.36. The van der Waals surface area contributed by atoms with Gasteiger partial charge in [0.2, 0.25) is 10.0 Å². The maximum Gasteiger partial charge on any atom is 0.240 e. The van der Waals surface area contributed by atoms with E-state index in [1.54, 1.807) is 6.20 Å². The van der Waals surface area contributed by atoms with Crippen LogP contribution in [0.25, 0.3) is 0 Å². The molecule has 0 bridgehead atoms. The molecule has 152 valence electrons. The second-order valence-corrected chi connectivity index (χ2v) is 8.19. The van der Waals surface area contributed by atoms with Crippen LogP contribution in [-0.2, 0) is 14.8 Å². The van der Waals surface area contributed by atoms with Gasteiger partial charge in [0.25, 0.3) is 0 Å². The molecule has 1 saturated heterocycles. The fraction of sp³-hybridized carbons (Fsp3) is 0.412. The predicted molar refractivity (Wildman–Crippen MR) is 107 cm³/mol. The zero-order valence-electron chi connectivity index (χ0n) is 15.4. The summed E-state index contributed by atoms with van der Waals surface area (Å²) in [5, 5.41) is 11.3. The molecule has 1 aliphatic rings. The van der Waals surface area contributed by atoms with Crippen molar-refractivity contribution in [2.45, 2.75) is 4.90 Å². The minimum Gasteiger partial charge on any atom is -0.495 e. The van der Waals surface area contributed by atoms with E-state index < -0.39 is 10.0 Å². The zero-order valence-corrected chi connectivity index (χ0v) is 17.0. The normalized spacial score (nSPS) is 14.7. The summed E-state index contributed by atoms with van der Waals surface area (Å²) < 4.78 is 37.6. The molecule has 3 rings (SSSR count). The highest BCUT2D eigenvalue weighted by atomic mass is 35.5. The summed E-state index contributed by atoms with van der Waals surface area (Å²) in [4.78, 5) is 2.24. The fourth-order valence-corrected chi connectivity index (χ4v) is 4.09. The third-order valence-electron chi connectivity index (χ3n) is 4.17. The Bertz CT molecular complexity index is 906. The van der Waals surface area contributed by atoms with Crippen LogP contribution in [0.3, 0.4) is 0 Å². The van der Waals surface area contributed by atoms with Gasteiger partial charge in [-0.1, -0.05) is 11.6 Å². The van der Waals surface area contributed by atoms with Gasteiger partial charge in [-0.3, -0.25) is 0 Å². The van der Waals surface area contributed by atoms with Crippen molar-refractivity contribution in [2.75, 3.05) is 56.7 Å². The van der Waals surface area contributed by atoms with Crippen LogP contribution in [0.5, 0.6) is 5.75 Å². The molecule has 2 heterocycles. The van der Waals surface area contributed by atoms with Gasteiger partial charge in [0, 0.05) is 32.2 Å². The Hall–Kier alpha value is -2.14. The van der Waals surface area contributed by atoms with Crippen LogP contribution in [0.4, 0.5) is 11.5 Å². The van der Waals surface area contributed by atoms with Crippen molar-refractivity contribution in [2.24, 2.45) is 0 Å². The van der Waals surface area contributed by atoms with Gasteiger partial charge in [-0.2, -0.15) is 5.10 Å². The Labute approximate surface area is 169 Å². The number of anilines is 2. The van der Waals surface area contributed by atoms with E-state index in [-0.39, 0.29) is 16.5 Å². The molecule has 0 atom stereocenters. The molecule has 1 aromatic heterocycles. The molecule has 2 N–H and O–H groups in total. The highest BCUT2D eigenvalue weighted by Gasteiger charge is 2.16. The highest BCUT2D eigenvalue weighted by Crippen LogP contribution is 2.26. The van der Waals surface area contributed by atoms with Crippen molar-refractivity contribution >= 4 is 33.1 Å². The summed E-state index contributed by atoms with van der Waals surface area (Å²) in [5.41, 5.74) is 0.953. The maximum absolute atomic E-state index is 12.4. The van der Waals surface area contributed by atoms with Crippen molar-refractivity contribution in [1.82, 2.24) is 14.9 Å². The summed E-state index contributed by atoms with van der Waals surface area (Å²) in [6, 6.07) is 6.20. The first-order chi connectivity index (χ1) is 13.5. The smallest absolute Gasteiger partial charge is 0.240 e. The van der Waals surface area contributed by atoms with Crippen LogP contribution in [0, 0.1) is 0 Å². The number of nitrogens with one attached hydrogen (secondary N) is 2. The number of benzene rings is 1. The average molecular weight is 428 g/mol. The van der Waals surface area contributed by atoms with E-state index in [2.05, 4.69) is 25.1 Å². The molecule has 9 nitrogen and oxygen atoms in total. The monoisotopic (exact) mass is 427 g/mol. The molecule has 11 heteroatoms. The second-order valence-electron chi connectivity index (χ2n) is 6.02. The lowest BCUT2D eigenvalue weighted by atomic mass is 10.3. The Morgan fingerprint density at radius 1 is 1.25 bits per heavy atom. The lowest BCUT2D eigenvalue weighted by molar-refractivity contribution is 0.122. The molecule has 0 aliphatic carbocycles. The van der Waals surface area contributed by atoms with Crippen LogP contribution in [0.15, 0.2) is 35.4 Å². The first-order valence-electron chi connectivity index (χ1n) is 8.72. The van der Waals surface area contributed by atoms with E-state index in [1.807, 2.05) is 6.07 Å². The summed E-state index contributed by atoms with van der Waals surface area (Å²) in [6.45, 7) is 3.50. The van der Waals surface area contributed by atoms with Crippen LogP contribution in [0.1, 0.15) is 0 Å². The summed E-state index contributed by atoms with van der Waals surface area (Å²) in [7, 11) is -2.21. The largest absolute Gasteiger partial charge is 0.495 e. The van der Waals surface area contributed by atoms with Crippen LogP contribution in [0.2, 0.25) is 5.02 Å². The minimum atomic E-state index is -3.68. The van der Waals surface area contributed by atoms with Gasteiger partial charge in [-0.15, -0.1) is 5.10 Å². The van der Waals surface area contributed by atoms with Gasteiger partial charge < -0.3 is 19.7 Å². The predicted octanol–water partition coefficient (Wildman–Crippen LogP) is 1.37. The van der Waals surface area contributed by atoms with Crippen molar-refractivity contribution in [3.8, 4) is 5.75 Å². The van der Waals surface area contributed by atoms with E-state index >= 15 is 0 Å². The molecular formula is C17H22ClN5O4S. The molecule has 0 amide bonds. The SMILES string of the molecule is COc1ccc(S(=O)(=O)NCCNc2cc(N3CCOCC3)cnn2)cc1Cl. The number of rotatable bonds is 8. The Balaban J connectivity index is 1.53. The van der Waals surface area contributed by atoms with Crippen molar-refractivity contribution in [3.63, 3.8) is 0 Å². The third-order valence-corrected chi connectivity index (χ3v) is 5.93. The molecule has 1 aliphatic heterocycles. The number of aromatic nitrogens is 2. The number of morpholine rings is 1. The van der Waals surface area contributed by atoms with Gasteiger partial charge in [-0.05, 0) is 18.2 Å². The number of ether oxygens (including phenoxy) is 2. The summed E-state index contributed by atoms with van der Waals surface area (Å²) in [5.74, 6) is 0.997. The number of nitrogens with zero attached hydrogens (tertiary/aromatic N) is 3. The quantitative estimate of drug-likeness (QED) is 0.608. The molecule has 0 saturated carbocycles. The van der Waals surface area contributed by atoms with Gasteiger partial charge in [0.15, 0.2) is 5.82 Å². The van der Waals surface area contributed by atoms with Gasteiger partial charge in [0.05, 0.1) is 42.1 Å². The first-order valence-corrected chi connectivity index (χ1v) is 10.6. The number of sulfonamides is 1. The number of hydrogen-bond acceptors (Lipinski definition) is 8. The highest BCUT2D eigenvalue weighted by molar-refractivity contribution is 7.89. The molecule has 2 aromatic rings. The number of hydrogen-bond donors (Lipinski definition) is 2. The van der Waals surface area contributed by atoms with E-state index in [0.717, 1.165) is 18.8 Å². The molecule has 0 spiro atoms. The van der Waals surface area contributed by atoms with Gasteiger partial charge in [-0.25, -0.2) is 13.1 Å². The molecule has 0 unspecified atom stereocenters. The van der Waals surface area contributed by atoms with E-state index in [0.29, 0.717) is 31.3 Å². The van der Waals surface area contributed by atoms with Crippen molar-refractivity contribution in [1.29, 1.82) is 0 Å². The van der Waals surface area contributed by atoms with E-state index in [1.165, 1.54) is 25.3 Å². The molecular weight excluding hydrogens is 406 g/mol. The van der Waals surface area contributed by atoms with E-state index in [9.17, 15) is 8.42 Å². The van der Waals surface area contributed by atoms with Crippen molar-refractivity contribution < 1.29 is 17.9 Å². The maximum atomic E-state index is 12.4. The Morgan fingerprint density at radius 3 is 2.75 bits per heavy atom. The summed E-state index contributed by atoms with van der Waals surface area (Å²) >= 11 is 6.00. The van der Waals surface area contributed by atoms with Gasteiger partial charge >= 0.3 is 0 Å². The fourth-order valence-electron chi connectivity index (χ4n) is 2.71. The lowest BCUT2D eigenvalue weighted by Gasteiger charge is -2.28. The molecule has 28 heavy (non-hydrogen) atoms. The third kappa shape index (κ3) is 5.22. The number of halogens is 1. The van der Waals surface area contributed by atoms with Crippen molar-refractivity contribution in [3.05, 3.63) is 35.5 Å². The first kappa shape index (κ1) is 20.6. The Morgan fingerprint density at radius 2 is 2.04 bits per heavy atom. The summed E-state index contributed by atoms with van der Waals surface area (Å²) in [6.07, 6.45) is 1.70. The number of methoxy groups -OCH3 is 1. The molecule has 1 fully saturated rings.